The molecule has 0 saturated carbocycles. The molecule has 6 heteroatoms. The first-order chi connectivity index (χ1) is 13.1. The smallest absolute Gasteiger partial charge is 0.322 e. The molecular weight excluding hydrogens is 340 g/mol. The van der Waals surface area contributed by atoms with E-state index in [0.717, 1.165) is 30.4 Å². The molecule has 1 aromatic rings. The minimum atomic E-state index is -0.0293. The number of hydrogen-bond donors (Lipinski definition) is 1. The number of nitrogens with one attached hydrogen (secondary N) is 1. The maximum atomic E-state index is 12.4. The molecule has 1 aromatic carbocycles. The van der Waals surface area contributed by atoms with Crippen LogP contribution in [0.15, 0.2) is 18.2 Å². The van der Waals surface area contributed by atoms with Crippen molar-refractivity contribution < 1.29 is 9.53 Å². The average molecular weight is 373 g/mol. The Kier molecular flexibility index (Phi) is 5.55. The molecule has 3 saturated heterocycles. The van der Waals surface area contributed by atoms with Crippen molar-refractivity contribution in [2.75, 3.05) is 56.2 Å². The number of nitrogens with zero attached hydrogens (tertiary/aromatic N) is 3. The van der Waals surface area contributed by atoms with E-state index in [9.17, 15) is 4.79 Å². The number of urea groups is 1. The van der Waals surface area contributed by atoms with Crippen molar-refractivity contribution in [2.24, 2.45) is 0 Å². The van der Waals surface area contributed by atoms with E-state index >= 15 is 0 Å². The Morgan fingerprint density at radius 2 is 1.96 bits per heavy atom. The molecule has 0 bridgehead atoms. The van der Waals surface area contributed by atoms with Gasteiger partial charge >= 0.3 is 6.03 Å². The molecule has 27 heavy (non-hydrogen) atoms. The maximum absolute atomic E-state index is 12.4. The Labute approximate surface area is 162 Å². The molecule has 6 nitrogen and oxygen atoms in total. The van der Waals surface area contributed by atoms with Crippen molar-refractivity contribution in [1.82, 2.24) is 9.80 Å². The van der Waals surface area contributed by atoms with E-state index in [1.54, 1.807) is 0 Å². The molecule has 0 aliphatic carbocycles. The summed E-state index contributed by atoms with van der Waals surface area (Å²) in [6.07, 6.45) is 3.93. The topological polar surface area (TPSA) is 48.0 Å². The van der Waals surface area contributed by atoms with Gasteiger partial charge in [0.05, 0.1) is 13.2 Å². The summed E-state index contributed by atoms with van der Waals surface area (Å²) >= 11 is 0. The van der Waals surface area contributed by atoms with Gasteiger partial charge < -0.3 is 19.9 Å². The second-order valence-electron chi connectivity index (χ2n) is 8.15. The van der Waals surface area contributed by atoms with Gasteiger partial charge in [-0.25, -0.2) is 4.79 Å². The lowest BCUT2D eigenvalue weighted by Gasteiger charge is -2.29. The highest BCUT2D eigenvalue weighted by atomic mass is 16.5. The van der Waals surface area contributed by atoms with Crippen molar-refractivity contribution in [1.29, 1.82) is 0 Å². The van der Waals surface area contributed by atoms with Gasteiger partial charge in [-0.2, -0.15) is 0 Å². The number of carbonyl (C=O) groups excluding carboxylic acids is 1. The fourth-order valence-electron chi connectivity index (χ4n) is 4.69. The summed E-state index contributed by atoms with van der Waals surface area (Å²) in [7, 11) is 0. The number of hydrogen-bond acceptors (Lipinski definition) is 4. The van der Waals surface area contributed by atoms with E-state index in [2.05, 4.69) is 47.2 Å². The van der Waals surface area contributed by atoms with E-state index in [1.165, 1.54) is 31.5 Å². The predicted molar refractivity (Wildman–Crippen MR) is 109 cm³/mol. The van der Waals surface area contributed by atoms with Gasteiger partial charge in [0.15, 0.2) is 0 Å². The van der Waals surface area contributed by atoms with Gasteiger partial charge in [0, 0.05) is 49.6 Å². The van der Waals surface area contributed by atoms with Gasteiger partial charge in [-0.05, 0) is 63.4 Å². The molecule has 3 aliphatic rings. The maximum Gasteiger partial charge on any atom is 0.322 e. The molecule has 1 N–H and O–H groups in total. The summed E-state index contributed by atoms with van der Waals surface area (Å²) in [6, 6.07) is 7.80. The fraction of sp³-hybridized carbons (Fsp3) is 0.667. The second-order valence-corrected chi connectivity index (χ2v) is 8.15. The number of anilines is 2. The third-order valence-corrected chi connectivity index (χ3v) is 6.35. The lowest BCUT2D eigenvalue weighted by atomic mass is 10.1. The standard InChI is InChI=1S/C21H32N4O2/c1-16-14-18(24-9-7-19(15-24)25-8-3-4-17(25)2)5-6-20(16)22-21(26)23-10-12-27-13-11-23/h5-6,14,17,19H,3-4,7-13,15H2,1-2H3,(H,22,26)/t17-,19?/m0/s1. The monoisotopic (exact) mass is 372 g/mol. The Morgan fingerprint density at radius 3 is 2.67 bits per heavy atom. The third kappa shape index (κ3) is 4.06. The molecule has 3 heterocycles. The molecule has 4 rings (SSSR count). The molecule has 0 aromatic heterocycles. The quantitative estimate of drug-likeness (QED) is 0.886. The Morgan fingerprint density at radius 1 is 1.15 bits per heavy atom. The minimum absolute atomic E-state index is 0.0293. The summed E-state index contributed by atoms with van der Waals surface area (Å²) in [4.78, 5) is 19.4. The molecule has 2 amide bonds. The van der Waals surface area contributed by atoms with Crippen molar-refractivity contribution in [2.45, 2.75) is 45.2 Å². The molecule has 0 radical (unpaired) electrons. The Hall–Kier alpha value is -1.79. The lowest BCUT2D eigenvalue weighted by molar-refractivity contribution is 0.0564. The van der Waals surface area contributed by atoms with Gasteiger partial charge in [0.1, 0.15) is 0 Å². The van der Waals surface area contributed by atoms with Gasteiger partial charge in [-0.15, -0.1) is 0 Å². The van der Waals surface area contributed by atoms with E-state index < -0.39 is 0 Å². The van der Waals surface area contributed by atoms with Crippen molar-refractivity contribution >= 4 is 17.4 Å². The summed E-state index contributed by atoms with van der Waals surface area (Å²) in [5.74, 6) is 0. The molecule has 3 fully saturated rings. The number of rotatable bonds is 3. The van der Waals surface area contributed by atoms with Crippen LogP contribution < -0.4 is 10.2 Å². The Bertz CT molecular complexity index is 674. The SMILES string of the molecule is Cc1cc(N2CCC(N3CCC[C@@H]3C)C2)ccc1NC(=O)N1CCOCC1. The number of ether oxygens (including phenoxy) is 1. The van der Waals surface area contributed by atoms with Crippen LogP contribution in [0.5, 0.6) is 0 Å². The van der Waals surface area contributed by atoms with Crippen LogP contribution in [0, 0.1) is 6.92 Å². The highest BCUT2D eigenvalue weighted by Crippen LogP contribution is 2.30. The molecule has 3 aliphatic heterocycles. The highest BCUT2D eigenvalue weighted by molar-refractivity contribution is 5.90. The minimum Gasteiger partial charge on any atom is -0.378 e. The van der Waals surface area contributed by atoms with Crippen molar-refractivity contribution in [3.8, 4) is 0 Å². The molecule has 148 valence electrons. The zero-order valence-electron chi connectivity index (χ0n) is 16.6. The largest absolute Gasteiger partial charge is 0.378 e. The number of carbonyl (C=O) groups is 1. The first-order valence-electron chi connectivity index (χ1n) is 10.4. The summed E-state index contributed by atoms with van der Waals surface area (Å²) in [5, 5.41) is 3.06. The van der Waals surface area contributed by atoms with Gasteiger partial charge in [-0.1, -0.05) is 0 Å². The van der Waals surface area contributed by atoms with Gasteiger partial charge in [0.25, 0.3) is 0 Å². The van der Waals surface area contributed by atoms with E-state index in [0.29, 0.717) is 32.3 Å². The number of morpholine rings is 1. The zero-order valence-corrected chi connectivity index (χ0v) is 16.6. The summed E-state index contributed by atoms with van der Waals surface area (Å²) in [5.41, 5.74) is 3.29. The van der Waals surface area contributed by atoms with Gasteiger partial charge in [0.2, 0.25) is 0 Å². The number of benzene rings is 1. The van der Waals surface area contributed by atoms with Gasteiger partial charge in [-0.3, -0.25) is 4.90 Å². The van der Waals surface area contributed by atoms with E-state index in [4.69, 9.17) is 4.74 Å². The van der Waals surface area contributed by atoms with E-state index in [-0.39, 0.29) is 6.03 Å². The molecular formula is C21H32N4O2. The number of amides is 2. The zero-order chi connectivity index (χ0) is 18.8. The van der Waals surface area contributed by atoms with E-state index in [1.807, 2.05) is 4.90 Å². The van der Waals surface area contributed by atoms with Crippen LogP contribution in [0.25, 0.3) is 0 Å². The highest BCUT2D eigenvalue weighted by Gasteiger charge is 2.33. The second kappa shape index (κ2) is 8.07. The molecule has 0 spiro atoms. The van der Waals surface area contributed by atoms with Crippen LogP contribution in [-0.2, 0) is 4.74 Å². The fourth-order valence-corrected chi connectivity index (χ4v) is 4.69. The van der Waals surface area contributed by atoms with Crippen LogP contribution in [0.1, 0.15) is 31.7 Å². The van der Waals surface area contributed by atoms with Crippen LogP contribution in [0.4, 0.5) is 16.2 Å². The van der Waals surface area contributed by atoms with Crippen molar-refractivity contribution in [3.63, 3.8) is 0 Å². The normalized spacial score (nSPS) is 26.6. The predicted octanol–water partition coefficient (Wildman–Crippen LogP) is 2.92. The molecule has 2 atom stereocenters. The summed E-state index contributed by atoms with van der Waals surface area (Å²) < 4.78 is 5.32. The van der Waals surface area contributed by atoms with Crippen LogP contribution in [0.3, 0.4) is 0 Å². The number of aryl methyl sites for hydroxylation is 1. The van der Waals surface area contributed by atoms with Crippen LogP contribution >= 0.6 is 0 Å². The van der Waals surface area contributed by atoms with Crippen LogP contribution in [-0.4, -0.2) is 73.9 Å². The van der Waals surface area contributed by atoms with Crippen molar-refractivity contribution in [3.05, 3.63) is 23.8 Å². The number of likely N-dealkylation sites (tertiary alicyclic amines) is 1. The lowest BCUT2D eigenvalue weighted by Crippen LogP contribution is -2.43. The Balaban J connectivity index is 1.37. The first kappa shape index (κ1) is 18.6. The van der Waals surface area contributed by atoms with Crippen LogP contribution in [0.2, 0.25) is 0 Å². The average Bonchev–Trinajstić information content (AvgIpc) is 3.33. The first-order valence-corrected chi connectivity index (χ1v) is 10.4. The molecule has 1 unspecified atom stereocenters. The summed E-state index contributed by atoms with van der Waals surface area (Å²) in [6.45, 7) is 10.5. The third-order valence-electron chi connectivity index (χ3n) is 6.35.